The van der Waals surface area contributed by atoms with Crippen LogP contribution in [0.4, 0.5) is 10.5 Å². The van der Waals surface area contributed by atoms with Gasteiger partial charge in [0.1, 0.15) is 0 Å². The van der Waals surface area contributed by atoms with E-state index in [1.165, 1.54) is 0 Å². The molecule has 0 unspecified atom stereocenters. The summed E-state index contributed by atoms with van der Waals surface area (Å²) < 4.78 is 0. The lowest BCUT2D eigenvalue weighted by molar-refractivity contribution is 0.134. The van der Waals surface area contributed by atoms with Crippen LogP contribution < -0.4 is 16.5 Å². The van der Waals surface area contributed by atoms with Gasteiger partial charge in [-0.05, 0) is 12.1 Å². The predicted octanol–water partition coefficient (Wildman–Crippen LogP) is 0.366. The summed E-state index contributed by atoms with van der Waals surface area (Å²) in [5.74, 6) is 5.46. The Kier molecular flexibility index (Phi) is 2.84. The van der Waals surface area contributed by atoms with Gasteiger partial charge in [0.15, 0.2) is 0 Å². The minimum atomic E-state index is -0.181. The van der Waals surface area contributed by atoms with Gasteiger partial charge in [0.25, 0.3) is 0 Å². The van der Waals surface area contributed by atoms with Crippen LogP contribution in [-0.4, -0.2) is 30.2 Å². The molecule has 5 heteroatoms. The first-order chi connectivity index (χ1) is 7.24. The fraction of sp³-hybridized carbons (Fsp3) is 0.300. The van der Waals surface area contributed by atoms with Gasteiger partial charge in [-0.1, -0.05) is 18.2 Å². The van der Waals surface area contributed by atoms with Gasteiger partial charge in [-0.3, -0.25) is 5.84 Å². The van der Waals surface area contributed by atoms with Crippen LogP contribution in [0.2, 0.25) is 0 Å². The van der Waals surface area contributed by atoms with Crippen molar-refractivity contribution in [3.8, 4) is 0 Å². The molecule has 0 atom stereocenters. The molecule has 4 N–H and O–H groups in total. The van der Waals surface area contributed by atoms with Crippen molar-refractivity contribution in [1.29, 1.82) is 0 Å². The second-order valence-corrected chi connectivity index (χ2v) is 3.62. The molecule has 15 heavy (non-hydrogen) atoms. The van der Waals surface area contributed by atoms with Crippen LogP contribution in [0.3, 0.4) is 0 Å². The number of hydrazine groups is 1. The zero-order valence-electron chi connectivity index (χ0n) is 8.31. The van der Waals surface area contributed by atoms with E-state index in [0.717, 1.165) is 5.69 Å². The molecule has 80 valence electrons. The van der Waals surface area contributed by atoms with Crippen molar-refractivity contribution in [3.05, 3.63) is 30.3 Å². The number of carbonyl (C=O) groups excluding carboxylic acids is 1. The van der Waals surface area contributed by atoms with Crippen molar-refractivity contribution >= 4 is 11.7 Å². The summed E-state index contributed by atoms with van der Waals surface area (Å²) in [4.78, 5) is 11.4. The lowest BCUT2D eigenvalue weighted by Gasteiger charge is -2.35. The predicted molar refractivity (Wildman–Crippen MR) is 58.1 cm³/mol. The molecule has 0 radical (unpaired) electrons. The molecule has 1 saturated heterocycles. The van der Waals surface area contributed by atoms with Crippen LogP contribution >= 0.6 is 0 Å². The summed E-state index contributed by atoms with van der Waals surface area (Å²) >= 11 is 0. The number of nitrogens with one attached hydrogen (secondary N) is 2. The number of hydrogen-bond acceptors (Lipinski definition) is 3. The Hall–Kier alpha value is -1.59. The first kappa shape index (κ1) is 9.95. The summed E-state index contributed by atoms with van der Waals surface area (Å²) in [5, 5.41) is 7.23. The molecule has 2 rings (SSSR count). The summed E-state index contributed by atoms with van der Waals surface area (Å²) in [7, 11) is 0. The monoisotopic (exact) mass is 206 g/mol. The van der Waals surface area contributed by atoms with E-state index in [4.69, 9.17) is 5.84 Å². The molecule has 0 aliphatic carbocycles. The minimum Gasteiger partial charge on any atom is -0.332 e. The van der Waals surface area contributed by atoms with Gasteiger partial charge in [-0.15, -0.1) is 0 Å². The highest BCUT2D eigenvalue weighted by Gasteiger charge is 2.25. The Morgan fingerprint density at radius 1 is 1.33 bits per heavy atom. The van der Waals surface area contributed by atoms with E-state index >= 15 is 0 Å². The average molecular weight is 206 g/mol. The number of anilines is 1. The highest BCUT2D eigenvalue weighted by atomic mass is 16.2. The standard InChI is InChI=1S/C10H14N4O/c11-14-6-9(7-14)13-10(15)12-8-4-2-1-3-5-8/h1-5,9H,6-7,11H2,(H2,12,13,15). The first-order valence-corrected chi connectivity index (χ1v) is 4.86. The maximum Gasteiger partial charge on any atom is 0.319 e. The van der Waals surface area contributed by atoms with Gasteiger partial charge in [-0.25, -0.2) is 9.80 Å². The molecule has 1 aromatic carbocycles. The highest BCUT2D eigenvalue weighted by molar-refractivity contribution is 5.89. The normalized spacial score (nSPS) is 16.9. The second-order valence-electron chi connectivity index (χ2n) is 3.62. The Morgan fingerprint density at radius 3 is 2.60 bits per heavy atom. The number of nitrogens with zero attached hydrogens (tertiary/aromatic N) is 1. The largest absolute Gasteiger partial charge is 0.332 e. The highest BCUT2D eigenvalue weighted by Crippen LogP contribution is 2.05. The summed E-state index contributed by atoms with van der Waals surface area (Å²) in [6.07, 6.45) is 0. The molecule has 2 amide bonds. The number of nitrogens with two attached hydrogens (primary N) is 1. The van der Waals surface area contributed by atoms with Crippen LogP contribution in [0.1, 0.15) is 0 Å². The van der Waals surface area contributed by atoms with Crippen LogP contribution in [0.5, 0.6) is 0 Å². The third kappa shape index (κ3) is 2.68. The Morgan fingerprint density at radius 2 is 2.00 bits per heavy atom. The van der Waals surface area contributed by atoms with Gasteiger partial charge < -0.3 is 10.6 Å². The maximum absolute atomic E-state index is 11.4. The van der Waals surface area contributed by atoms with Crippen LogP contribution in [-0.2, 0) is 0 Å². The zero-order valence-corrected chi connectivity index (χ0v) is 8.31. The molecule has 1 aliphatic rings. The van der Waals surface area contributed by atoms with E-state index < -0.39 is 0 Å². The molecule has 1 aliphatic heterocycles. The number of amides is 2. The van der Waals surface area contributed by atoms with E-state index in [1.54, 1.807) is 5.01 Å². The summed E-state index contributed by atoms with van der Waals surface area (Å²) in [5.41, 5.74) is 0.791. The number of hydrogen-bond donors (Lipinski definition) is 3. The lowest BCUT2D eigenvalue weighted by atomic mass is 10.2. The van der Waals surface area contributed by atoms with E-state index in [-0.39, 0.29) is 12.1 Å². The molecule has 5 nitrogen and oxygen atoms in total. The Balaban J connectivity index is 1.78. The Bertz CT molecular complexity index is 335. The first-order valence-electron chi connectivity index (χ1n) is 4.86. The lowest BCUT2D eigenvalue weighted by Crippen LogP contribution is -2.62. The van der Waals surface area contributed by atoms with Crippen molar-refractivity contribution in [3.63, 3.8) is 0 Å². The van der Waals surface area contributed by atoms with Gasteiger partial charge >= 0.3 is 6.03 Å². The Labute approximate surface area is 88.2 Å². The average Bonchev–Trinajstić information content (AvgIpc) is 2.17. The van der Waals surface area contributed by atoms with E-state index in [0.29, 0.717) is 13.1 Å². The molecule has 0 spiro atoms. The van der Waals surface area contributed by atoms with E-state index in [2.05, 4.69) is 10.6 Å². The van der Waals surface area contributed by atoms with Crippen LogP contribution in [0.15, 0.2) is 30.3 Å². The molecule has 0 saturated carbocycles. The second kappa shape index (κ2) is 4.29. The fourth-order valence-electron chi connectivity index (χ4n) is 1.48. The van der Waals surface area contributed by atoms with Gasteiger partial charge in [0.2, 0.25) is 0 Å². The molecule has 0 bridgehead atoms. The topological polar surface area (TPSA) is 70.4 Å². The summed E-state index contributed by atoms with van der Waals surface area (Å²) in [6, 6.07) is 9.33. The van der Waals surface area contributed by atoms with E-state index in [1.807, 2.05) is 30.3 Å². The number of urea groups is 1. The van der Waals surface area contributed by atoms with Crippen molar-refractivity contribution < 1.29 is 4.79 Å². The SMILES string of the molecule is NN1CC(NC(=O)Nc2ccccc2)C1. The maximum atomic E-state index is 11.4. The number of para-hydroxylation sites is 1. The number of carbonyl (C=O) groups is 1. The van der Waals surface area contributed by atoms with Crippen LogP contribution in [0, 0.1) is 0 Å². The van der Waals surface area contributed by atoms with Crippen molar-refractivity contribution in [1.82, 2.24) is 10.3 Å². The number of benzene rings is 1. The molecule has 0 aromatic heterocycles. The zero-order chi connectivity index (χ0) is 10.7. The van der Waals surface area contributed by atoms with Crippen molar-refractivity contribution in [2.75, 3.05) is 18.4 Å². The van der Waals surface area contributed by atoms with Gasteiger partial charge in [0.05, 0.1) is 6.04 Å². The quantitative estimate of drug-likeness (QED) is 0.612. The van der Waals surface area contributed by atoms with Crippen molar-refractivity contribution in [2.24, 2.45) is 5.84 Å². The molecular formula is C10H14N4O. The molecule has 1 aromatic rings. The number of rotatable bonds is 2. The summed E-state index contributed by atoms with van der Waals surface area (Å²) in [6.45, 7) is 1.42. The smallest absolute Gasteiger partial charge is 0.319 e. The molecular weight excluding hydrogens is 192 g/mol. The fourth-order valence-corrected chi connectivity index (χ4v) is 1.48. The third-order valence-electron chi connectivity index (χ3n) is 2.28. The molecule has 1 heterocycles. The van der Waals surface area contributed by atoms with Gasteiger partial charge in [-0.2, -0.15) is 0 Å². The third-order valence-corrected chi connectivity index (χ3v) is 2.28. The van der Waals surface area contributed by atoms with E-state index in [9.17, 15) is 4.79 Å². The van der Waals surface area contributed by atoms with Crippen LogP contribution in [0.25, 0.3) is 0 Å². The molecule has 1 fully saturated rings. The van der Waals surface area contributed by atoms with Crippen molar-refractivity contribution in [2.45, 2.75) is 6.04 Å². The minimum absolute atomic E-state index is 0.165. The van der Waals surface area contributed by atoms with Gasteiger partial charge in [0, 0.05) is 18.8 Å².